The van der Waals surface area contributed by atoms with Crippen LogP contribution in [-0.2, 0) is 11.0 Å². The quantitative estimate of drug-likeness (QED) is 0.869. The third-order valence-corrected chi connectivity index (χ3v) is 3.35. The number of carbonyl (C=O) groups is 1. The Morgan fingerprint density at radius 1 is 1.35 bits per heavy atom. The zero-order valence-corrected chi connectivity index (χ0v) is 12.7. The van der Waals surface area contributed by atoms with Gasteiger partial charge in [0.1, 0.15) is 0 Å². The van der Waals surface area contributed by atoms with Crippen LogP contribution in [0.3, 0.4) is 0 Å². The SMILES string of the molecule is CC(C)C(CN)C(=O)Nc1cc(Br)cc(C(F)(F)F)c1. The number of halogens is 4. The highest BCUT2D eigenvalue weighted by Gasteiger charge is 2.31. The Bertz CT molecular complexity index is 489. The number of nitrogens with one attached hydrogen (secondary N) is 1. The standard InChI is InChI=1S/C13H16BrF3N2O/c1-7(2)11(6-18)12(20)19-10-4-8(13(15,16)17)3-9(14)5-10/h3-5,7,11H,6,18H2,1-2H3,(H,19,20). The lowest BCUT2D eigenvalue weighted by Crippen LogP contribution is -2.33. The molecule has 3 N–H and O–H groups in total. The third kappa shape index (κ3) is 4.49. The third-order valence-electron chi connectivity index (χ3n) is 2.89. The van der Waals surface area contributed by atoms with E-state index in [0.717, 1.165) is 12.1 Å². The van der Waals surface area contributed by atoms with Crippen LogP contribution < -0.4 is 11.1 Å². The summed E-state index contributed by atoms with van der Waals surface area (Å²) in [6, 6.07) is 3.27. The van der Waals surface area contributed by atoms with E-state index in [4.69, 9.17) is 5.73 Å². The molecule has 1 unspecified atom stereocenters. The van der Waals surface area contributed by atoms with E-state index in [0.29, 0.717) is 0 Å². The maximum atomic E-state index is 12.7. The van der Waals surface area contributed by atoms with Gasteiger partial charge >= 0.3 is 6.18 Å². The monoisotopic (exact) mass is 352 g/mol. The molecule has 1 aromatic carbocycles. The molecule has 1 rings (SSSR count). The Labute approximate surface area is 123 Å². The van der Waals surface area contributed by atoms with Crippen molar-refractivity contribution in [2.45, 2.75) is 20.0 Å². The summed E-state index contributed by atoms with van der Waals surface area (Å²) >= 11 is 3.00. The smallest absolute Gasteiger partial charge is 0.330 e. The van der Waals surface area contributed by atoms with Gasteiger partial charge in [-0.3, -0.25) is 4.79 Å². The molecule has 0 saturated carbocycles. The first kappa shape index (κ1) is 17.0. The molecule has 20 heavy (non-hydrogen) atoms. The molecule has 0 aliphatic rings. The van der Waals surface area contributed by atoms with Crippen molar-refractivity contribution in [3.05, 3.63) is 28.2 Å². The summed E-state index contributed by atoms with van der Waals surface area (Å²) < 4.78 is 38.3. The molecule has 3 nitrogen and oxygen atoms in total. The Morgan fingerprint density at radius 3 is 2.40 bits per heavy atom. The fourth-order valence-corrected chi connectivity index (χ4v) is 2.24. The van der Waals surface area contributed by atoms with E-state index in [1.807, 2.05) is 13.8 Å². The van der Waals surface area contributed by atoms with E-state index in [9.17, 15) is 18.0 Å². The Balaban J connectivity index is 2.98. The number of benzene rings is 1. The topological polar surface area (TPSA) is 55.1 Å². The van der Waals surface area contributed by atoms with Crippen LogP contribution in [0.2, 0.25) is 0 Å². The minimum atomic E-state index is -4.46. The molecule has 1 aromatic rings. The molecule has 0 radical (unpaired) electrons. The highest BCUT2D eigenvalue weighted by Crippen LogP contribution is 2.33. The maximum absolute atomic E-state index is 12.7. The summed E-state index contributed by atoms with van der Waals surface area (Å²) in [5.74, 6) is -0.814. The molecular weight excluding hydrogens is 337 g/mol. The van der Waals surface area contributed by atoms with E-state index >= 15 is 0 Å². The van der Waals surface area contributed by atoms with Crippen LogP contribution in [0.1, 0.15) is 19.4 Å². The van der Waals surface area contributed by atoms with Crippen LogP contribution in [0.25, 0.3) is 0 Å². The second kappa shape index (κ2) is 6.58. The van der Waals surface area contributed by atoms with Crippen molar-refractivity contribution in [1.82, 2.24) is 0 Å². The lowest BCUT2D eigenvalue weighted by Gasteiger charge is -2.19. The zero-order chi connectivity index (χ0) is 15.5. The maximum Gasteiger partial charge on any atom is 0.416 e. The second-order valence-corrected chi connectivity index (χ2v) is 5.72. The van der Waals surface area contributed by atoms with Gasteiger partial charge in [-0.2, -0.15) is 13.2 Å². The molecule has 0 saturated heterocycles. The van der Waals surface area contributed by atoms with E-state index < -0.39 is 17.7 Å². The first-order valence-electron chi connectivity index (χ1n) is 6.04. The number of rotatable bonds is 4. The lowest BCUT2D eigenvalue weighted by molar-refractivity contribution is -0.137. The molecule has 0 fully saturated rings. The fourth-order valence-electron chi connectivity index (χ4n) is 1.74. The van der Waals surface area contributed by atoms with Crippen molar-refractivity contribution in [1.29, 1.82) is 0 Å². The van der Waals surface area contributed by atoms with E-state index in [2.05, 4.69) is 21.2 Å². The Kier molecular flexibility index (Phi) is 5.59. The summed E-state index contributed by atoms with van der Waals surface area (Å²) in [4.78, 5) is 12.0. The highest BCUT2D eigenvalue weighted by molar-refractivity contribution is 9.10. The predicted molar refractivity (Wildman–Crippen MR) is 75.2 cm³/mol. The van der Waals surface area contributed by atoms with E-state index in [-0.39, 0.29) is 28.5 Å². The van der Waals surface area contributed by atoms with Crippen LogP contribution in [-0.4, -0.2) is 12.5 Å². The van der Waals surface area contributed by atoms with E-state index in [1.165, 1.54) is 6.07 Å². The summed E-state index contributed by atoms with van der Waals surface area (Å²) in [6.45, 7) is 3.81. The summed E-state index contributed by atoms with van der Waals surface area (Å²) in [5, 5.41) is 2.48. The van der Waals surface area contributed by atoms with Gasteiger partial charge in [-0.05, 0) is 24.1 Å². The molecular formula is C13H16BrF3N2O. The number of amides is 1. The number of anilines is 1. The first-order valence-corrected chi connectivity index (χ1v) is 6.83. The van der Waals surface area contributed by atoms with Crippen molar-refractivity contribution in [2.75, 3.05) is 11.9 Å². The van der Waals surface area contributed by atoms with Gasteiger partial charge in [-0.1, -0.05) is 29.8 Å². The zero-order valence-electron chi connectivity index (χ0n) is 11.1. The van der Waals surface area contributed by atoms with Crippen LogP contribution in [0.15, 0.2) is 22.7 Å². The highest BCUT2D eigenvalue weighted by atomic mass is 79.9. The van der Waals surface area contributed by atoms with Gasteiger partial charge in [-0.15, -0.1) is 0 Å². The fraction of sp³-hybridized carbons (Fsp3) is 0.462. The Hall–Kier alpha value is -1.08. The molecule has 0 spiro atoms. The van der Waals surface area contributed by atoms with Crippen LogP contribution >= 0.6 is 15.9 Å². The van der Waals surface area contributed by atoms with Gasteiger partial charge in [0.25, 0.3) is 0 Å². The summed E-state index contributed by atoms with van der Waals surface area (Å²) in [6.07, 6.45) is -4.46. The molecule has 0 bridgehead atoms. The number of carbonyl (C=O) groups excluding carboxylic acids is 1. The average Bonchev–Trinajstić information content (AvgIpc) is 2.26. The molecule has 1 atom stereocenters. The first-order chi connectivity index (χ1) is 9.15. The van der Waals surface area contributed by atoms with Gasteiger partial charge in [0, 0.05) is 16.7 Å². The lowest BCUT2D eigenvalue weighted by atomic mass is 9.95. The van der Waals surface area contributed by atoms with Crippen molar-refractivity contribution >= 4 is 27.5 Å². The van der Waals surface area contributed by atoms with Crippen LogP contribution in [0.4, 0.5) is 18.9 Å². The van der Waals surface area contributed by atoms with Crippen molar-refractivity contribution in [3.8, 4) is 0 Å². The normalized spacial score (nSPS) is 13.4. The molecule has 0 aliphatic heterocycles. The minimum Gasteiger partial charge on any atom is -0.330 e. The van der Waals surface area contributed by atoms with Gasteiger partial charge in [0.15, 0.2) is 0 Å². The number of nitrogens with two attached hydrogens (primary N) is 1. The van der Waals surface area contributed by atoms with Crippen LogP contribution in [0.5, 0.6) is 0 Å². The minimum absolute atomic E-state index is 0.00856. The van der Waals surface area contributed by atoms with Crippen molar-refractivity contribution < 1.29 is 18.0 Å². The molecule has 7 heteroatoms. The number of alkyl halides is 3. The number of hydrogen-bond acceptors (Lipinski definition) is 2. The van der Waals surface area contributed by atoms with Crippen molar-refractivity contribution in [2.24, 2.45) is 17.6 Å². The summed E-state index contributed by atoms with van der Waals surface area (Å²) in [7, 11) is 0. The molecule has 0 heterocycles. The van der Waals surface area contributed by atoms with Gasteiger partial charge in [0.05, 0.1) is 11.5 Å². The molecule has 112 valence electrons. The van der Waals surface area contributed by atoms with Crippen molar-refractivity contribution in [3.63, 3.8) is 0 Å². The van der Waals surface area contributed by atoms with Gasteiger partial charge < -0.3 is 11.1 Å². The average molecular weight is 353 g/mol. The molecule has 0 aromatic heterocycles. The largest absolute Gasteiger partial charge is 0.416 e. The predicted octanol–water partition coefficient (Wildman–Crippen LogP) is 3.64. The van der Waals surface area contributed by atoms with Crippen LogP contribution in [0, 0.1) is 11.8 Å². The Morgan fingerprint density at radius 2 is 1.95 bits per heavy atom. The molecule has 0 aliphatic carbocycles. The molecule has 1 amide bonds. The van der Waals surface area contributed by atoms with E-state index in [1.54, 1.807) is 0 Å². The summed E-state index contributed by atoms with van der Waals surface area (Å²) in [5.41, 5.74) is 4.78. The van der Waals surface area contributed by atoms with Gasteiger partial charge in [-0.25, -0.2) is 0 Å². The second-order valence-electron chi connectivity index (χ2n) is 4.80. The number of hydrogen-bond donors (Lipinski definition) is 2. The van der Waals surface area contributed by atoms with Gasteiger partial charge in [0.2, 0.25) is 5.91 Å².